The minimum absolute atomic E-state index is 0.0665. The molecule has 0 radical (unpaired) electrons. The van der Waals surface area contributed by atoms with Gasteiger partial charge in [-0.15, -0.1) is 0 Å². The van der Waals surface area contributed by atoms with Gasteiger partial charge in [0.05, 0.1) is 26.4 Å². The molecular formula is C89H148O17P2. The number of carbonyl (C=O) groups excluding carboxylic acids is 4. The van der Waals surface area contributed by atoms with Crippen LogP contribution in [0, 0.1) is 0 Å². The fourth-order valence-corrected chi connectivity index (χ4v) is 12.3. The molecule has 0 amide bonds. The van der Waals surface area contributed by atoms with E-state index in [-0.39, 0.29) is 25.7 Å². The third kappa shape index (κ3) is 78.8. The Labute approximate surface area is 655 Å². The number of aliphatic hydroxyl groups excluding tert-OH is 1. The number of hydrogen-bond donors (Lipinski definition) is 3. The van der Waals surface area contributed by atoms with E-state index in [1.165, 1.54) is 38.5 Å². The van der Waals surface area contributed by atoms with E-state index in [0.717, 1.165) is 199 Å². The highest BCUT2D eigenvalue weighted by Crippen LogP contribution is 2.45. The molecule has 0 heterocycles. The third-order valence-corrected chi connectivity index (χ3v) is 18.9. The predicted molar refractivity (Wildman–Crippen MR) is 445 cm³/mol. The molecule has 0 aliphatic heterocycles. The van der Waals surface area contributed by atoms with Crippen LogP contribution in [0.15, 0.2) is 158 Å². The van der Waals surface area contributed by atoms with Crippen molar-refractivity contribution in [3.63, 3.8) is 0 Å². The van der Waals surface area contributed by atoms with Crippen LogP contribution in [0.1, 0.15) is 323 Å². The zero-order chi connectivity index (χ0) is 78.9. The Balaban J connectivity index is 5.45. The van der Waals surface area contributed by atoms with Gasteiger partial charge in [-0.3, -0.25) is 37.3 Å². The van der Waals surface area contributed by atoms with Crippen molar-refractivity contribution in [2.24, 2.45) is 0 Å². The minimum Gasteiger partial charge on any atom is -0.462 e. The van der Waals surface area contributed by atoms with Gasteiger partial charge >= 0.3 is 39.5 Å². The van der Waals surface area contributed by atoms with Gasteiger partial charge in [0.2, 0.25) is 0 Å². The lowest BCUT2D eigenvalue weighted by Crippen LogP contribution is -2.30. The molecule has 0 saturated heterocycles. The Morgan fingerprint density at radius 1 is 0.269 bits per heavy atom. The SMILES string of the molecule is CC/C=C\C/C=C\C/C=C\C/C=C\C/C=C\CCCC(=O)OCC(COP(=O)(O)OCC(O)COP(=O)(O)OCC(COC(=O)CCCCCCCC/C=C\C/C=C\C/C=C\C/C=C\CC)OC(=O)CCCCCCC/C=C\CCCCCCCC)OC(=O)CCCCCCCCC/C=C\C/C=C\C/C=C\CC. The summed E-state index contributed by atoms with van der Waals surface area (Å²) >= 11 is 0. The van der Waals surface area contributed by atoms with Gasteiger partial charge in [0.15, 0.2) is 12.2 Å². The van der Waals surface area contributed by atoms with Crippen molar-refractivity contribution >= 4 is 39.5 Å². The topological polar surface area (TPSA) is 237 Å². The highest BCUT2D eigenvalue weighted by Gasteiger charge is 2.30. The molecule has 0 aromatic heterocycles. The summed E-state index contributed by atoms with van der Waals surface area (Å²) < 4.78 is 68.7. The number of carbonyl (C=O) groups is 4. The summed E-state index contributed by atoms with van der Waals surface area (Å²) in [5.41, 5.74) is 0. The number of ether oxygens (including phenoxy) is 4. The van der Waals surface area contributed by atoms with E-state index in [0.29, 0.717) is 32.1 Å². The van der Waals surface area contributed by atoms with Crippen molar-refractivity contribution in [2.45, 2.75) is 341 Å². The van der Waals surface area contributed by atoms with Crippen molar-refractivity contribution in [3.05, 3.63) is 158 Å². The van der Waals surface area contributed by atoms with Crippen LogP contribution in [0.5, 0.6) is 0 Å². The summed E-state index contributed by atoms with van der Waals surface area (Å²) in [6.45, 7) is 4.45. The summed E-state index contributed by atoms with van der Waals surface area (Å²) in [7, 11) is -10.00. The molecule has 5 atom stereocenters. The summed E-state index contributed by atoms with van der Waals surface area (Å²) in [6.07, 6.45) is 93.6. The maximum atomic E-state index is 13.1. The standard InChI is InChI=1S/C89H148O17P2/c1-5-9-13-17-21-25-29-33-37-40-41-44-47-50-54-58-62-66-70-74-87(92)100-79-84(105-88(93)75-71-67-63-59-55-51-45-36-32-28-24-20-16-12-8-4)81-103-107(95,96)101-77-83(90)78-102-108(97,98)104-82-85(106-89(94)76-72-68-64-60-56-52-48-43-39-35-31-27-23-19-15-11-7-3)80-99-86(91)73-69-65-61-57-53-49-46-42-38-34-30-26-22-18-14-10-6-2/h9-11,13-15,21-23,25-27,33-39,41,44-46,49,57,61,83-85,90H,5-8,12,16-20,24,28-32,40,42-43,47-48,50-56,58-60,62-82H2,1-4H3,(H,95,96)(H,97,98)/b13-9-,14-10-,15-11-,25-21-,26-22-,27-23-,37-33-,38-34-,39-35-,44-41-,45-36-,49-46-,61-57-. The van der Waals surface area contributed by atoms with Gasteiger partial charge in [0, 0.05) is 25.7 Å². The quantitative estimate of drug-likeness (QED) is 0.0169. The molecule has 0 aromatic carbocycles. The normalized spacial score (nSPS) is 14.6. The van der Waals surface area contributed by atoms with Crippen LogP contribution in [0.2, 0.25) is 0 Å². The monoisotopic (exact) mass is 1550 g/mol. The van der Waals surface area contributed by atoms with Crippen molar-refractivity contribution in [1.82, 2.24) is 0 Å². The minimum atomic E-state index is -5.00. The van der Waals surface area contributed by atoms with E-state index in [4.69, 9.17) is 37.0 Å². The average molecular weight is 1550 g/mol. The number of hydrogen-bond acceptors (Lipinski definition) is 15. The van der Waals surface area contributed by atoms with Gasteiger partial charge in [-0.25, -0.2) is 9.13 Å². The number of phosphoric acid groups is 2. The second kappa shape index (κ2) is 79.8. The average Bonchev–Trinajstić information content (AvgIpc) is 0.901. The van der Waals surface area contributed by atoms with Crippen LogP contribution < -0.4 is 0 Å². The first-order valence-electron chi connectivity index (χ1n) is 41.7. The molecule has 3 N–H and O–H groups in total. The van der Waals surface area contributed by atoms with Crippen LogP contribution in [0.4, 0.5) is 0 Å². The first-order chi connectivity index (χ1) is 52.7. The molecule has 108 heavy (non-hydrogen) atoms. The van der Waals surface area contributed by atoms with E-state index in [9.17, 15) is 43.2 Å². The number of phosphoric ester groups is 2. The van der Waals surface area contributed by atoms with Crippen LogP contribution in [-0.4, -0.2) is 96.7 Å². The predicted octanol–water partition coefficient (Wildman–Crippen LogP) is 24.8. The van der Waals surface area contributed by atoms with Gasteiger partial charge in [0.25, 0.3) is 0 Å². The molecule has 19 heteroatoms. The number of unbranched alkanes of at least 4 members (excludes halogenated alkanes) is 25. The van der Waals surface area contributed by atoms with Gasteiger partial charge in [-0.05, 0) is 161 Å². The van der Waals surface area contributed by atoms with Crippen molar-refractivity contribution in [2.75, 3.05) is 39.6 Å². The molecule has 616 valence electrons. The van der Waals surface area contributed by atoms with E-state index in [1.807, 2.05) is 12.2 Å². The number of esters is 4. The molecular weight excluding hydrogens is 1400 g/mol. The Bertz CT molecular complexity index is 2660. The van der Waals surface area contributed by atoms with Gasteiger partial charge in [-0.2, -0.15) is 0 Å². The highest BCUT2D eigenvalue weighted by atomic mass is 31.2. The van der Waals surface area contributed by atoms with Crippen LogP contribution in [-0.2, 0) is 65.4 Å². The molecule has 0 aliphatic rings. The number of allylic oxidation sites excluding steroid dienone is 26. The second-order valence-corrected chi connectivity index (χ2v) is 30.2. The molecule has 17 nitrogen and oxygen atoms in total. The van der Waals surface area contributed by atoms with Crippen LogP contribution >= 0.6 is 15.6 Å². The molecule has 0 saturated carbocycles. The Morgan fingerprint density at radius 2 is 0.491 bits per heavy atom. The summed E-state index contributed by atoms with van der Waals surface area (Å²) in [5.74, 6) is -2.28. The molecule has 0 bridgehead atoms. The molecule has 0 fully saturated rings. The Hall–Kier alpha value is -5.32. The van der Waals surface area contributed by atoms with Crippen molar-refractivity contribution in [3.8, 4) is 0 Å². The lowest BCUT2D eigenvalue weighted by molar-refractivity contribution is -0.161. The fourth-order valence-electron chi connectivity index (χ4n) is 10.7. The Morgan fingerprint density at radius 3 is 0.787 bits per heavy atom. The fraction of sp³-hybridized carbons (Fsp3) is 0.663. The lowest BCUT2D eigenvalue weighted by atomic mass is 10.1. The first kappa shape index (κ1) is 103. The van der Waals surface area contributed by atoms with Gasteiger partial charge in [-0.1, -0.05) is 295 Å². The maximum Gasteiger partial charge on any atom is 0.472 e. The van der Waals surface area contributed by atoms with E-state index in [1.54, 1.807) is 0 Å². The molecule has 5 unspecified atom stereocenters. The van der Waals surface area contributed by atoms with Crippen LogP contribution in [0.25, 0.3) is 0 Å². The van der Waals surface area contributed by atoms with Crippen molar-refractivity contribution in [1.29, 1.82) is 0 Å². The molecule has 0 aromatic rings. The molecule has 0 spiro atoms. The maximum absolute atomic E-state index is 13.1. The third-order valence-electron chi connectivity index (χ3n) is 17.0. The van der Waals surface area contributed by atoms with Crippen LogP contribution in [0.3, 0.4) is 0 Å². The van der Waals surface area contributed by atoms with Gasteiger partial charge < -0.3 is 33.8 Å². The number of aliphatic hydroxyl groups is 1. The largest absolute Gasteiger partial charge is 0.472 e. The Kier molecular flexibility index (Phi) is 75.8. The van der Waals surface area contributed by atoms with E-state index < -0.39 is 97.5 Å². The van der Waals surface area contributed by atoms with E-state index >= 15 is 0 Å². The zero-order valence-corrected chi connectivity index (χ0v) is 69.3. The number of rotatable bonds is 77. The van der Waals surface area contributed by atoms with Crippen molar-refractivity contribution < 1.29 is 80.2 Å². The first-order valence-corrected chi connectivity index (χ1v) is 44.7. The lowest BCUT2D eigenvalue weighted by Gasteiger charge is -2.21. The zero-order valence-electron chi connectivity index (χ0n) is 67.5. The molecule has 0 aliphatic carbocycles. The smallest absolute Gasteiger partial charge is 0.462 e. The molecule has 0 rings (SSSR count). The van der Waals surface area contributed by atoms with Gasteiger partial charge in [0.1, 0.15) is 19.3 Å². The van der Waals surface area contributed by atoms with E-state index in [2.05, 4.69) is 174 Å². The summed E-state index contributed by atoms with van der Waals surface area (Å²) in [5, 5.41) is 10.7. The summed E-state index contributed by atoms with van der Waals surface area (Å²) in [6, 6.07) is 0. The highest BCUT2D eigenvalue weighted by molar-refractivity contribution is 7.47. The second-order valence-electron chi connectivity index (χ2n) is 27.3. The summed E-state index contributed by atoms with van der Waals surface area (Å²) in [4.78, 5) is 73.2.